The van der Waals surface area contributed by atoms with Crippen molar-refractivity contribution in [2.45, 2.75) is 13.1 Å². The fourth-order valence-electron chi connectivity index (χ4n) is 3.54. The van der Waals surface area contributed by atoms with E-state index in [1.54, 1.807) is 47.1 Å². The van der Waals surface area contributed by atoms with Crippen LogP contribution in [0.15, 0.2) is 48.5 Å². The second-order valence-electron chi connectivity index (χ2n) is 7.47. The highest BCUT2D eigenvalue weighted by Crippen LogP contribution is 2.32. The molecule has 6 nitrogen and oxygen atoms in total. The van der Waals surface area contributed by atoms with Crippen LogP contribution >= 0.6 is 0 Å². The van der Waals surface area contributed by atoms with E-state index in [0.29, 0.717) is 37.6 Å². The van der Waals surface area contributed by atoms with Crippen LogP contribution in [0.4, 0.5) is 24.5 Å². The molecular weight excluding hydrogens is 431 g/mol. The second-order valence-corrected chi connectivity index (χ2v) is 9.38. The van der Waals surface area contributed by atoms with Crippen molar-refractivity contribution in [3.05, 3.63) is 59.7 Å². The number of alkyl halides is 3. The fourth-order valence-corrected chi connectivity index (χ4v) is 4.45. The number of anilines is 2. The predicted molar refractivity (Wildman–Crippen MR) is 114 cm³/mol. The Hall–Kier alpha value is -2.75. The third kappa shape index (κ3) is 5.49. The van der Waals surface area contributed by atoms with Gasteiger partial charge in [0.05, 0.1) is 17.5 Å². The number of carbonyl (C=O) groups is 1. The van der Waals surface area contributed by atoms with Crippen molar-refractivity contribution in [2.75, 3.05) is 48.2 Å². The number of rotatable bonds is 5. The second kappa shape index (κ2) is 8.78. The summed E-state index contributed by atoms with van der Waals surface area (Å²) in [5.41, 5.74) is 0.904. The number of halogens is 3. The number of para-hydroxylation sites is 1. The minimum Gasteiger partial charge on any atom is -0.368 e. The average Bonchev–Trinajstić information content (AvgIpc) is 2.71. The first-order valence-electron chi connectivity index (χ1n) is 9.70. The third-order valence-electron chi connectivity index (χ3n) is 5.23. The molecule has 0 aliphatic carbocycles. The van der Waals surface area contributed by atoms with Crippen molar-refractivity contribution >= 4 is 27.3 Å². The van der Waals surface area contributed by atoms with Crippen molar-refractivity contribution in [3.63, 3.8) is 0 Å². The van der Waals surface area contributed by atoms with Gasteiger partial charge in [-0.1, -0.05) is 24.3 Å². The Morgan fingerprint density at radius 2 is 1.68 bits per heavy atom. The zero-order valence-corrected chi connectivity index (χ0v) is 18.1. The van der Waals surface area contributed by atoms with E-state index in [1.165, 1.54) is 6.07 Å². The Bertz CT molecular complexity index is 1050. The SMILES string of the molecule is Cc1ccccc1N(CC(=O)N1CCN(c2cccc(C(F)(F)F)c2)CC1)S(C)(=O)=O. The summed E-state index contributed by atoms with van der Waals surface area (Å²) in [6.45, 7) is 2.74. The molecule has 1 saturated heterocycles. The lowest BCUT2D eigenvalue weighted by Crippen LogP contribution is -2.52. The van der Waals surface area contributed by atoms with Gasteiger partial charge < -0.3 is 9.80 Å². The van der Waals surface area contributed by atoms with Crippen molar-refractivity contribution in [3.8, 4) is 0 Å². The molecule has 1 heterocycles. The maximum Gasteiger partial charge on any atom is 0.416 e. The third-order valence-corrected chi connectivity index (χ3v) is 6.36. The molecule has 1 amide bonds. The number of benzene rings is 2. The molecule has 168 valence electrons. The van der Waals surface area contributed by atoms with E-state index >= 15 is 0 Å². The molecule has 0 saturated carbocycles. The molecule has 10 heteroatoms. The Morgan fingerprint density at radius 3 is 2.26 bits per heavy atom. The minimum atomic E-state index is -4.42. The average molecular weight is 456 g/mol. The number of nitrogens with zero attached hydrogens (tertiary/aromatic N) is 3. The number of carbonyl (C=O) groups excluding carboxylic acids is 1. The van der Waals surface area contributed by atoms with Crippen LogP contribution in [0, 0.1) is 6.92 Å². The lowest BCUT2D eigenvalue weighted by Gasteiger charge is -2.37. The molecule has 31 heavy (non-hydrogen) atoms. The first-order valence-corrected chi connectivity index (χ1v) is 11.5. The van der Waals surface area contributed by atoms with E-state index in [0.717, 1.165) is 28.3 Å². The summed E-state index contributed by atoms with van der Waals surface area (Å²) in [6, 6.07) is 12.0. The molecule has 1 aliphatic rings. The molecule has 0 bridgehead atoms. The highest BCUT2D eigenvalue weighted by molar-refractivity contribution is 7.92. The van der Waals surface area contributed by atoms with Gasteiger partial charge in [0, 0.05) is 31.9 Å². The molecule has 0 spiro atoms. The van der Waals surface area contributed by atoms with Gasteiger partial charge in [-0.3, -0.25) is 9.10 Å². The summed E-state index contributed by atoms with van der Waals surface area (Å²) in [5.74, 6) is -0.350. The number of hydrogen-bond donors (Lipinski definition) is 0. The first kappa shape index (κ1) is 22.9. The normalized spacial score (nSPS) is 15.1. The van der Waals surface area contributed by atoms with E-state index in [-0.39, 0.29) is 12.5 Å². The van der Waals surface area contributed by atoms with Crippen LogP contribution in [-0.2, 0) is 21.0 Å². The smallest absolute Gasteiger partial charge is 0.368 e. The lowest BCUT2D eigenvalue weighted by atomic mass is 10.1. The van der Waals surface area contributed by atoms with Gasteiger partial charge in [0.2, 0.25) is 15.9 Å². The quantitative estimate of drug-likeness (QED) is 0.695. The van der Waals surface area contributed by atoms with E-state index in [2.05, 4.69) is 0 Å². The van der Waals surface area contributed by atoms with Gasteiger partial charge in [-0.15, -0.1) is 0 Å². The van der Waals surface area contributed by atoms with E-state index in [1.807, 2.05) is 0 Å². The molecule has 0 aromatic heterocycles. The van der Waals surface area contributed by atoms with Crippen LogP contribution in [0.1, 0.15) is 11.1 Å². The van der Waals surface area contributed by atoms with Gasteiger partial charge in [-0.2, -0.15) is 13.2 Å². The van der Waals surface area contributed by atoms with Crippen LogP contribution in [0.2, 0.25) is 0 Å². The fraction of sp³-hybridized carbons (Fsp3) is 0.381. The molecule has 1 fully saturated rings. The van der Waals surface area contributed by atoms with Gasteiger partial charge in [-0.25, -0.2) is 8.42 Å². The van der Waals surface area contributed by atoms with Gasteiger partial charge in [0.1, 0.15) is 6.54 Å². The summed E-state index contributed by atoms with van der Waals surface area (Å²) >= 11 is 0. The Kier molecular flexibility index (Phi) is 6.49. The first-order chi connectivity index (χ1) is 14.5. The Labute approximate surface area is 179 Å². The molecule has 2 aromatic carbocycles. The summed E-state index contributed by atoms with van der Waals surface area (Å²) in [5, 5.41) is 0. The monoisotopic (exact) mass is 455 g/mol. The standard InChI is InChI=1S/C21H24F3N3O3S/c1-16-6-3-4-9-19(16)27(31(2,29)30)15-20(28)26-12-10-25(11-13-26)18-8-5-7-17(14-18)21(22,23)24/h3-9,14H,10-13,15H2,1-2H3. The van der Waals surface area contributed by atoms with Gasteiger partial charge in [-0.05, 0) is 36.8 Å². The lowest BCUT2D eigenvalue weighted by molar-refractivity contribution is -0.137. The number of sulfonamides is 1. The minimum absolute atomic E-state index is 0.292. The van der Waals surface area contributed by atoms with Crippen LogP contribution in [0.5, 0.6) is 0 Å². The topological polar surface area (TPSA) is 60.9 Å². The van der Waals surface area contributed by atoms with Gasteiger partial charge in [0.25, 0.3) is 0 Å². The molecule has 0 unspecified atom stereocenters. The molecule has 0 N–H and O–H groups in total. The van der Waals surface area contributed by atoms with Gasteiger partial charge >= 0.3 is 6.18 Å². The molecule has 0 atom stereocenters. The van der Waals surface area contributed by atoms with Gasteiger partial charge in [0.15, 0.2) is 0 Å². The Balaban J connectivity index is 1.68. The zero-order valence-electron chi connectivity index (χ0n) is 17.3. The van der Waals surface area contributed by atoms with E-state index in [4.69, 9.17) is 0 Å². The highest BCUT2D eigenvalue weighted by Gasteiger charge is 2.32. The number of piperazine rings is 1. The highest BCUT2D eigenvalue weighted by atomic mass is 32.2. The van der Waals surface area contributed by atoms with Crippen LogP contribution in [0.25, 0.3) is 0 Å². The largest absolute Gasteiger partial charge is 0.416 e. The van der Waals surface area contributed by atoms with Crippen LogP contribution in [-0.4, -0.2) is 58.2 Å². The Morgan fingerprint density at radius 1 is 1.03 bits per heavy atom. The van der Waals surface area contributed by atoms with Crippen molar-refractivity contribution in [1.82, 2.24) is 4.90 Å². The zero-order chi connectivity index (χ0) is 22.8. The van der Waals surface area contributed by atoms with Crippen molar-refractivity contribution < 1.29 is 26.4 Å². The van der Waals surface area contributed by atoms with E-state index in [9.17, 15) is 26.4 Å². The van der Waals surface area contributed by atoms with Crippen LogP contribution in [0.3, 0.4) is 0 Å². The van der Waals surface area contributed by atoms with Crippen LogP contribution < -0.4 is 9.21 Å². The molecule has 3 rings (SSSR count). The molecule has 0 radical (unpaired) electrons. The molecule has 1 aliphatic heterocycles. The maximum absolute atomic E-state index is 13.0. The van der Waals surface area contributed by atoms with Crippen molar-refractivity contribution in [1.29, 1.82) is 0 Å². The molecule has 2 aromatic rings. The molecular formula is C21H24F3N3O3S. The number of aryl methyl sites for hydroxylation is 1. The number of hydrogen-bond acceptors (Lipinski definition) is 4. The maximum atomic E-state index is 13.0. The predicted octanol–water partition coefficient (Wildman–Crippen LogP) is 3.13. The summed E-state index contributed by atoms with van der Waals surface area (Å²) in [4.78, 5) is 16.1. The summed E-state index contributed by atoms with van der Waals surface area (Å²) in [7, 11) is -3.68. The van der Waals surface area contributed by atoms with Crippen molar-refractivity contribution in [2.24, 2.45) is 0 Å². The summed E-state index contributed by atoms with van der Waals surface area (Å²) < 4.78 is 64.6. The van der Waals surface area contributed by atoms with E-state index < -0.39 is 21.8 Å². The summed E-state index contributed by atoms with van der Waals surface area (Å²) in [6.07, 6.45) is -3.36. The number of amides is 1.